The summed E-state index contributed by atoms with van der Waals surface area (Å²) in [5, 5.41) is 0. The number of hydrogen-bond donors (Lipinski definition) is 0. The van der Waals surface area contributed by atoms with Crippen molar-refractivity contribution >= 4 is 7.82 Å². The maximum absolute atomic E-state index is 12.5. The highest BCUT2D eigenvalue weighted by molar-refractivity contribution is 7.48. The lowest BCUT2D eigenvalue weighted by molar-refractivity contribution is 0.167. The highest BCUT2D eigenvalue weighted by Crippen LogP contribution is 2.49. The largest absolute Gasteiger partial charge is 0.530 e. The Labute approximate surface area is 140 Å². The standard InChI is InChI=1S/C18H29O4P/c1-5-20-23(19,21-6-2)22-18-9-7-8-17(13-18)15(4)12-14(3)16-10-11-16/h7-9,13-16H,5-6,10-12H2,1-4H3. The first kappa shape index (κ1) is 18.5. The van der Waals surface area contributed by atoms with E-state index in [-0.39, 0.29) is 13.2 Å². The van der Waals surface area contributed by atoms with Gasteiger partial charge in [-0.15, -0.1) is 0 Å². The average molecular weight is 340 g/mol. The molecular formula is C18H29O4P. The molecule has 2 atom stereocenters. The van der Waals surface area contributed by atoms with Gasteiger partial charge in [-0.3, -0.25) is 9.05 Å². The van der Waals surface area contributed by atoms with Crippen LogP contribution in [0.5, 0.6) is 5.75 Å². The minimum absolute atomic E-state index is 0.284. The zero-order chi connectivity index (χ0) is 16.9. The van der Waals surface area contributed by atoms with Crippen molar-refractivity contribution in [2.24, 2.45) is 11.8 Å². The van der Waals surface area contributed by atoms with Crippen LogP contribution in [0.25, 0.3) is 0 Å². The van der Waals surface area contributed by atoms with Crippen molar-refractivity contribution in [3.63, 3.8) is 0 Å². The third kappa shape index (κ3) is 5.63. The Morgan fingerprint density at radius 3 is 2.39 bits per heavy atom. The number of phosphoric ester groups is 1. The predicted molar refractivity (Wildman–Crippen MR) is 92.8 cm³/mol. The molecular weight excluding hydrogens is 311 g/mol. The normalized spacial score (nSPS) is 17.7. The van der Waals surface area contributed by atoms with Gasteiger partial charge in [0.05, 0.1) is 13.2 Å². The minimum atomic E-state index is -3.52. The second-order valence-electron chi connectivity index (χ2n) is 6.40. The van der Waals surface area contributed by atoms with Crippen LogP contribution in [0.15, 0.2) is 24.3 Å². The van der Waals surface area contributed by atoms with Gasteiger partial charge in [0.1, 0.15) is 5.75 Å². The second-order valence-corrected chi connectivity index (χ2v) is 7.99. The second kappa shape index (κ2) is 8.32. The highest BCUT2D eigenvalue weighted by atomic mass is 31.2. The average Bonchev–Trinajstić information content (AvgIpc) is 3.32. The molecule has 1 aromatic carbocycles. The van der Waals surface area contributed by atoms with Crippen molar-refractivity contribution in [3.05, 3.63) is 29.8 Å². The highest BCUT2D eigenvalue weighted by Gasteiger charge is 2.30. The van der Waals surface area contributed by atoms with Crippen LogP contribution in [0.2, 0.25) is 0 Å². The molecule has 130 valence electrons. The van der Waals surface area contributed by atoms with Crippen LogP contribution in [-0.2, 0) is 13.6 Å². The lowest BCUT2D eigenvalue weighted by Crippen LogP contribution is -2.05. The van der Waals surface area contributed by atoms with E-state index >= 15 is 0 Å². The molecule has 1 aromatic rings. The molecule has 5 heteroatoms. The van der Waals surface area contributed by atoms with E-state index < -0.39 is 7.82 Å². The molecule has 0 amide bonds. The Bertz CT molecular complexity index is 532. The molecule has 1 fully saturated rings. The van der Waals surface area contributed by atoms with E-state index in [2.05, 4.69) is 19.9 Å². The Kier molecular flexibility index (Phi) is 6.70. The molecule has 2 unspecified atom stereocenters. The van der Waals surface area contributed by atoms with Crippen molar-refractivity contribution in [2.45, 2.75) is 52.9 Å². The zero-order valence-electron chi connectivity index (χ0n) is 14.7. The zero-order valence-corrected chi connectivity index (χ0v) is 15.6. The summed E-state index contributed by atoms with van der Waals surface area (Å²) in [5.74, 6) is 2.66. The van der Waals surface area contributed by atoms with Crippen molar-refractivity contribution in [1.29, 1.82) is 0 Å². The van der Waals surface area contributed by atoms with Crippen molar-refractivity contribution in [1.82, 2.24) is 0 Å². The maximum Gasteiger partial charge on any atom is 0.530 e. The van der Waals surface area contributed by atoms with Gasteiger partial charge in [0.25, 0.3) is 0 Å². The molecule has 1 aliphatic rings. The van der Waals surface area contributed by atoms with E-state index in [0.29, 0.717) is 11.7 Å². The summed E-state index contributed by atoms with van der Waals surface area (Å²) in [7, 11) is -3.52. The summed E-state index contributed by atoms with van der Waals surface area (Å²) in [5.41, 5.74) is 1.20. The van der Waals surface area contributed by atoms with E-state index in [4.69, 9.17) is 13.6 Å². The van der Waals surface area contributed by atoms with Gasteiger partial charge in [-0.25, -0.2) is 4.57 Å². The van der Waals surface area contributed by atoms with Crippen LogP contribution in [0, 0.1) is 11.8 Å². The smallest absolute Gasteiger partial charge is 0.404 e. The van der Waals surface area contributed by atoms with Crippen LogP contribution in [0.4, 0.5) is 0 Å². The summed E-state index contributed by atoms with van der Waals surface area (Å²) in [4.78, 5) is 0. The van der Waals surface area contributed by atoms with Crippen molar-refractivity contribution in [2.75, 3.05) is 13.2 Å². The summed E-state index contributed by atoms with van der Waals surface area (Å²) in [6.07, 6.45) is 3.93. The van der Waals surface area contributed by atoms with Gasteiger partial charge in [-0.05, 0) is 68.6 Å². The van der Waals surface area contributed by atoms with E-state index in [1.54, 1.807) is 19.9 Å². The Balaban J connectivity index is 2.04. The molecule has 23 heavy (non-hydrogen) atoms. The summed E-state index contributed by atoms with van der Waals surface area (Å²) in [6, 6.07) is 7.79. The fourth-order valence-electron chi connectivity index (χ4n) is 2.96. The van der Waals surface area contributed by atoms with Crippen LogP contribution >= 0.6 is 7.82 Å². The van der Waals surface area contributed by atoms with Gasteiger partial charge < -0.3 is 4.52 Å². The van der Waals surface area contributed by atoms with E-state index in [1.807, 2.05) is 12.1 Å². The predicted octanol–water partition coefficient (Wildman–Crippen LogP) is 5.79. The fourth-order valence-corrected chi connectivity index (χ4v) is 4.15. The lowest BCUT2D eigenvalue weighted by Gasteiger charge is -2.20. The first-order valence-electron chi connectivity index (χ1n) is 8.66. The summed E-state index contributed by atoms with van der Waals surface area (Å²) < 4.78 is 28.4. The molecule has 4 nitrogen and oxygen atoms in total. The Morgan fingerprint density at radius 1 is 1.17 bits per heavy atom. The third-order valence-corrected chi connectivity index (χ3v) is 5.95. The lowest BCUT2D eigenvalue weighted by atomic mass is 9.89. The monoisotopic (exact) mass is 340 g/mol. The van der Waals surface area contributed by atoms with Crippen molar-refractivity contribution in [3.8, 4) is 5.75 Å². The molecule has 0 radical (unpaired) electrons. The molecule has 2 rings (SSSR count). The first-order chi connectivity index (χ1) is 11.0. The van der Waals surface area contributed by atoms with Crippen molar-refractivity contribution < 1.29 is 18.1 Å². The van der Waals surface area contributed by atoms with Gasteiger partial charge in [0, 0.05) is 0 Å². The molecule has 0 aromatic heterocycles. The van der Waals surface area contributed by atoms with Crippen LogP contribution in [-0.4, -0.2) is 13.2 Å². The number of rotatable bonds is 10. The minimum Gasteiger partial charge on any atom is -0.404 e. The quantitative estimate of drug-likeness (QED) is 0.506. The molecule has 0 aliphatic heterocycles. The van der Waals surface area contributed by atoms with Crippen LogP contribution in [0.3, 0.4) is 0 Å². The van der Waals surface area contributed by atoms with E-state index in [1.165, 1.54) is 24.8 Å². The molecule has 0 spiro atoms. The topological polar surface area (TPSA) is 44.8 Å². The van der Waals surface area contributed by atoms with Gasteiger partial charge in [0.15, 0.2) is 0 Å². The fraction of sp³-hybridized carbons (Fsp3) is 0.667. The number of hydrogen-bond acceptors (Lipinski definition) is 4. The summed E-state index contributed by atoms with van der Waals surface area (Å²) >= 11 is 0. The summed E-state index contributed by atoms with van der Waals surface area (Å²) in [6.45, 7) is 8.69. The van der Waals surface area contributed by atoms with E-state index in [0.717, 1.165) is 11.8 Å². The number of phosphoric acid groups is 1. The molecule has 0 heterocycles. The maximum atomic E-state index is 12.5. The first-order valence-corrected chi connectivity index (χ1v) is 10.1. The Hall–Kier alpha value is -0.830. The Morgan fingerprint density at radius 2 is 1.83 bits per heavy atom. The van der Waals surface area contributed by atoms with Crippen LogP contribution in [0.1, 0.15) is 58.4 Å². The molecule has 1 aliphatic carbocycles. The molecule has 0 N–H and O–H groups in total. The molecule has 0 bridgehead atoms. The van der Waals surface area contributed by atoms with Gasteiger partial charge in [0.2, 0.25) is 0 Å². The molecule has 1 saturated carbocycles. The third-order valence-electron chi connectivity index (χ3n) is 4.37. The molecule has 0 saturated heterocycles. The van der Waals surface area contributed by atoms with Crippen LogP contribution < -0.4 is 4.52 Å². The SMILES string of the molecule is CCOP(=O)(OCC)Oc1cccc(C(C)CC(C)C2CC2)c1. The van der Waals surface area contributed by atoms with E-state index in [9.17, 15) is 4.57 Å². The van der Waals surface area contributed by atoms with Gasteiger partial charge >= 0.3 is 7.82 Å². The van der Waals surface area contributed by atoms with Gasteiger partial charge in [-0.1, -0.05) is 26.0 Å². The number of benzene rings is 1. The van der Waals surface area contributed by atoms with Gasteiger partial charge in [-0.2, -0.15) is 0 Å².